The monoisotopic (exact) mass is 422 g/mol. The number of nitrogens with zero attached hydrogens (tertiary/aromatic N) is 2. The van der Waals surface area contributed by atoms with E-state index >= 15 is 0 Å². The van der Waals surface area contributed by atoms with Crippen LogP contribution in [0.5, 0.6) is 11.5 Å². The van der Waals surface area contributed by atoms with Crippen molar-refractivity contribution in [2.24, 2.45) is 0 Å². The Morgan fingerprint density at radius 2 is 1.67 bits per heavy atom. The molecule has 1 unspecified atom stereocenters. The van der Waals surface area contributed by atoms with E-state index in [1.807, 2.05) is 26.8 Å². The third kappa shape index (κ3) is 7.64. The first-order valence-electron chi connectivity index (χ1n) is 9.04. The van der Waals surface area contributed by atoms with E-state index in [2.05, 4.69) is 21.9 Å². The largest absolute Gasteiger partial charge is 0.454 e. The molecule has 0 saturated carbocycles. The van der Waals surface area contributed by atoms with E-state index in [-0.39, 0.29) is 30.4 Å². The molecule has 1 aromatic carbocycles. The van der Waals surface area contributed by atoms with Gasteiger partial charge in [-0.1, -0.05) is 6.07 Å². The van der Waals surface area contributed by atoms with Crippen LogP contribution >= 0.6 is 24.8 Å². The van der Waals surface area contributed by atoms with Gasteiger partial charge in [-0.25, -0.2) is 0 Å². The van der Waals surface area contributed by atoms with Crippen LogP contribution in [0.1, 0.15) is 26.3 Å². The van der Waals surface area contributed by atoms with Gasteiger partial charge < -0.3 is 19.3 Å². The molecule has 1 atom stereocenters. The highest BCUT2D eigenvalue weighted by atomic mass is 35.5. The number of aliphatic hydroxyl groups excluding tert-OH is 1. The summed E-state index contributed by atoms with van der Waals surface area (Å²) in [5, 5.41) is 10.1. The standard InChI is InChI=1S/C19H30N2O4.2ClH/c1-19(2,3)25-13-16(22)12-21-8-6-20(7-9-21)11-15-4-5-17-18(10-15)24-14-23-17;;/h4-5,10,16,22H,6-9,11-14H2,1-3H3;2*1H. The smallest absolute Gasteiger partial charge is 0.231 e. The Balaban J connectivity index is 0.00000182. The molecule has 1 saturated heterocycles. The lowest BCUT2D eigenvalue weighted by molar-refractivity contribution is -0.0587. The van der Waals surface area contributed by atoms with Crippen molar-refractivity contribution in [3.05, 3.63) is 23.8 Å². The Morgan fingerprint density at radius 3 is 2.33 bits per heavy atom. The Labute approximate surface area is 174 Å². The Kier molecular flexibility index (Phi) is 9.62. The number of ether oxygens (including phenoxy) is 3. The van der Waals surface area contributed by atoms with Crippen LogP contribution < -0.4 is 9.47 Å². The molecule has 0 bridgehead atoms. The summed E-state index contributed by atoms with van der Waals surface area (Å²) in [5.41, 5.74) is 1.04. The molecule has 0 aliphatic carbocycles. The molecule has 27 heavy (non-hydrogen) atoms. The van der Waals surface area contributed by atoms with Gasteiger partial charge in [0.2, 0.25) is 6.79 Å². The fourth-order valence-corrected chi connectivity index (χ4v) is 3.12. The molecular weight excluding hydrogens is 391 g/mol. The van der Waals surface area contributed by atoms with Gasteiger partial charge in [0, 0.05) is 39.3 Å². The van der Waals surface area contributed by atoms with Crippen molar-refractivity contribution in [2.75, 3.05) is 46.1 Å². The van der Waals surface area contributed by atoms with Gasteiger partial charge in [-0.05, 0) is 38.5 Å². The van der Waals surface area contributed by atoms with Gasteiger partial charge in [0.15, 0.2) is 11.5 Å². The minimum atomic E-state index is -0.431. The summed E-state index contributed by atoms with van der Waals surface area (Å²) in [5.74, 6) is 1.68. The molecule has 1 N–H and O–H groups in total. The van der Waals surface area contributed by atoms with Crippen molar-refractivity contribution in [1.82, 2.24) is 9.80 Å². The summed E-state index contributed by atoms with van der Waals surface area (Å²) in [7, 11) is 0. The number of piperazine rings is 1. The number of β-amino-alcohol motifs (C(OH)–C–C–N with tert-alkyl or cyclic N) is 1. The fraction of sp³-hybridized carbons (Fsp3) is 0.684. The molecule has 2 aliphatic rings. The summed E-state index contributed by atoms with van der Waals surface area (Å²) < 4.78 is 16.5. The third-order valence-corrected chi connectivity index (χ3v) is 4.49. The molecule has 0 spiro atoms. The topological polar surface area (TPSA) is 54.4 Å². The van der Waals surface area contributed by atoms with E-state index in [1.54, 1.807) is 0 Å². The maximum absolute atomic E-state index is 10.1. The van der Waals surface area contributed by atoms with E-state index < -0.39 is 6.10 Å². The lowest BCUT2D eigenvalue weighted by Crippen LogP contribution is -2.48. The molecule has 0 radical (unpaired) electrons. The van der Waals surface area contributed by atoms with Gasteiger partial charge >= 0.3 is 0 Å². The Bertz CT molecular complexity index is 575. The van der Waals surface area contributed by atoms with Crippen molar-refractivity contribution < 1.29 is 19.3 Å². The summed E-state index contributed by atoms with van der Waals surface area (Å²) >= 11 is 0. The molecule has 2 aliphatic heterocycles. The minimum absolute atomic E-state index is 0. The van der Waals surface area contributed by atoms with Gasteiger partial charge in [0.25, 0.3) is 0 Å². The molecule has 0 aromatic heterocycles. The quantitative estimate of drug-likeness (QED) is 0.759. The van der Waals surface area contributed by atoms with E-state index in [0.717, 1.165) is 44.2 Å². The number of benzene rings is 1. The summed E-state index contributed by atoms with van der Waals surface area (Å²) in [6, 6.07) is 6.16. The zero-order chi connectivity index (χ0) is 17.9. The van der Waals surface area contributed by atoms with Crippen LogP contribution in [0.2, 0.25) is 0 Å². The third-order valence-electron chi connectivity index (χ3n) is 4.49. The van der Waals surface area contributed by atoms with Gasteiger partial charge in [0.1, 0.15) is 0 Å². The lowest BCUT2D eigenvalue weighted by atomic mass is 10.1. The van der Waals surface area contributed by atoms with Crippen molar-refractivity contribution in [1.29, 1.82) is 0 Å². The van der Waals surface area contributed by atoms with Crippen LogP contribution in [0.4, 0.5) is 0 Å². The number of fused-ring (bicyclic) bond motifs is 1. The molecule has 1 aromatic rings. The second-order valence-corrected chi connectivity index (χ2v) is 7.84. The van der Waals surface area contributed by atoms with Gasteiger partial charge in [0.05, 0.1) is 18.3 Å². The molecule has 3 rings (SSSR count). The predicted molar refractivity (Wildman–Crippen MR) is 110 cm³/mol. The van der Waals surface area contributed by atoms with Crippen molar-refractivity contribution in [3.8, 4) is 11.5 Å². The average molecular weight is 423 g/mol. The van der Waals surface area contributed by atoms with Crippen LogP contribution in [0.25, 0.3) is 0 Å². The highest BCUT2D eigenvalue weighted by Gasteiger charge is 2.21. The summed E-state index contributed by atoms with van der Waals surface area (Å²) in [4.78, 5) is 4.75. The number of hydrogen-bond donors (Lipinski definition) is 1. The van der Waals surface area contributed by atoms with Crippen molar-refractivity contribution in [3.63, 3.8) is 0 Å². The highest BCUT2D eigenvalue weighted by molar-refractivity contribution is 5.85. The first-order chi connectivity index (χ1) is 11.9. The maximum Gasteiger partial charge on any atom is 0.231 e. The number of rotatable bonds is 6. The number of halogens is 2. The normalized spacial score (nSPS) is 18.5. The molecule has 0 amide bonds. The first kappa shape index (κ1) is 24.3. The molecule has 1 fully saturated rings. The lowest BCUT2D eigenvalue weighted by Gasteiger charge is -2.36. The molecule has 8 heteroatoms. The molecular formula is C19H32Cl2N2O4. The van der Waals surface area contributed by atoms with Crippen molar-refractivity contribution in [2.45, 2.75) is 39.0 Å². The van der Waals surface area contributed by atoms with E-state index in [1.165, 1.54) is 5.56 Å². The molecule has 6 nitrogen and oxygen atoms in total. The van der Waals surface area contributed by atoms with Gasteiger partial charge in [-0.2, -0.15) is 0 Å². The van der Waals surface area contributed by atoms with Crippen LogP contribution in [0.3, 0.4) is 0 Å². The molecule has 2 heterocycles. The first-order valence-corrected chi connectivity index (χ1v) is 9.04. The Hall–Kier alpha value is -0.760. The summed E-state index contributed by atoms with van der Waals surface area (Å²) in [6.07, 6.45) is -0.431. The predicted octanol–water partition coefficient (Wildman–Crippen LogP) is 2.55. The second-order valence-electron chi connectivity index (χ2n) is 7.84. The van der Waals surface area contributed by atoms with Crippen LogP contribution in [-0.2, 0) is 11.3 Å². The van der Waals surface area contributed by atoms with Gasteiger partial charge in [-0.15, -0.1) is 24.8 Å². The van der Waals surface area contributed by atoms with E-state index in [0.29, 0.717) is 19.9 Å². The van der Waals surface area contributed by atoms with Crippen LogP contribution in [-0.4, -0.2) is 72.7 Å². The van der Waals surface area contributed by atoms with Crippen LogP contribution in [0.15, 0.2) is 18.2 Å². The zero-order valence-electron chi connectivity index (χ0n) is 16.3. The molecule has 156 valence electrons. The maximum atomic E-state index is 10.1. The summed E-state index contributed by atoms with van der Waals surface area (Å²) in [6.45, 7) is 12.3. The van der Waals surface area contributed by atoms with E-state index in [9.17, 15) is 5.11 Å². The Morgan fingerprint density at radius 1 is 1.04 bits per heavy atom. The van der Waals surface area contributed by atoms with Crippen LogP contribution in [0, 0.1) is 0 Å². The fourth-order valence-electron chi connectivity index (χ4n) is 3.12. The average Bonchev–Trinajstić information content (AvgIpc) is 3.02. The second kappa shape index (κ2) is 10.7. The SMILES string of the molecule is CC(C)(C)OCC(O)CN1CCN(Cc2ccc3c(c2)OCO3)CC1.Cl.Cl. The van der Waals surface area contributed by atoms with Gasteiger partial charge in [-0.3, -0.25) is 9.80 Å². The zero-order valence-corrected chi connectivity index (χ0v) is 18.0. The number of aliphatic hydroxyl groups is 1. The minimum Gasteiger partial charge on any atom is -0.454 e. The highest BCUT2D eigenvalue weighted by Crippen LogP contribution is 2.32. The van der Waals surface area contributed by atoms with E-state index in [4.69, 9.17) is 14.2 Å². The van der Waals surface area contributed by atoms with Crippen molar-refractivity contribution >= 4 is 24.8 Å². The number of hydrogen-bond acceptors (Lipinski definition) is 6.